The summed E-state index contributed by atoms with van der Waals surface area (Å²) < 4.78 is 0. The van der Waals surface area contributed by atoms with Gasteiger partial charge in [-0.15, -0.1) is 0 Å². The highest BCUT2D eigenvalue weighted by atomic mass is 16.1. The molecule has 0 heterocycles. The zero-order valence-corrected chi connectivity index (χ0v) is 13.5. The molecular formula is C18H28N2O2. The summed E-state index contributed by atoms with van der Waals surface area (Å²) in [6, 6.07) is 6.53. The third-order valence-corrected chi connectivity index (χ3v) is 3.82. The average Bonchev–Trinajstić information content (AvgIpc) is 2.50. The number of hydrogen-bond donors (Lipinski definition) is 2. The zero-order valence-electron chi connectivity index (χ0n) is 13.5. The first-order valence-corrected chi connectivity index (χ1v) is 8.21. The van der Waals surface area contributed by atoms with Gasteiger partial charge in [-0.1, -0.05) is 69.7 Å². The van der Waals surface area contributed by atoms with E-state index in [0.717, 1.165) is 24.8 Å². The van der Waals surface area contributed by atoms with Crippen LogP contribution in [0.4, 0.5) is 0 Å². The Balaban J connectivity index is 2.37. The minimum atomic E-state index is -0.437. The highest BCUT2D eigenvalue weighted by Gasteiger charge is 2.15. The molecule has 0 spiro atoms. The third-order valence-electron chi connectivity index (χ3n) is 3.82. The number of ketones is 1. The summed E-state index contributed by atoms with van der Waals surface area (Å²) in [5.41, 5.74) is 12.5. The van der Waals surface area contributed by atoms with Gasteiger partial charge in [0.05, 0.1) is 12.5 Å². The van der Waals surface area contributed by atoms with Crippen molar-refractivity contribution in [3.05, 3.63) is 35.4 Å². The van der Waals surface area contributed by atoms with Gasteiger partial charge >= 0.3 is 0 Å². The van der Waals surface area contributed by atoms with Crippen molar-refractivity contribution in [3.63, 3.8) is 0 Å². The molecule has 1 amide bonds. The molecule has 0 aliphatic rings. The Bertz CT molecular complexity index is 468. The maximum absolute atomic E-state index is 12.2. The summed E-state index contributed by atoms with van der Waals surface area (Å²) in [6.45, 7) is 2.20. The third kappa shape index (κ3) is 6.85. The van der Waals surface area contributed by atoms with Crippen LogP contribution in [0.25, 0.3) is 0 Å². The lowest BCUT2D eigenvalue weighted by Crippen LogP contribution is -2.30. The van der Waals surface area contributed by atoms with Crippen molar-refractivity contribution in [1.29, 1.82) is 0 Å². The van der Waals surface area contributed by atoms with Gasteiger partial charge in [-0.2, -0.15) is 0 Å². The topological polar surface area (TPSA) is 86.2 Å². The highest BCUT2D eigenvalue weighted by molar-refractivity contribution is 6.00. The van der Waals surface area contributed by atoms with E-state index >= 15 is 0 Å². The highest BCUT2D eigenvalue weighted by Crippen LogP contribution is 2.12. The van der Waals surface area contributed by atoms with Crippen LogP contribution in [0.5, 0.6) is 0 Å². The number of primary amides is 1. The largest absolute Gasteiger partial charge is 0.369 e. The van der Waals surface area contributed by atoms with E-state index in [1.54, 1.807) is 24.3 Å². The number of nitrogens with two attached hydrogens (primary N) is 2. The van der Waals surface area contributed by atoms with Crippen molar-refractivity contribution in [1.82, 2.24) is 0 Å². The lowest BCUT2D eigenvalue weighted by Gasteiger charge is -2.11. The molecule has 4 N–H and O–H groups in total. The van der Waals surface area contributed by atoms with Crippen LogP contribution < -0.4 is 11.5 Å². The monoisotopic (exact) mass is 304 g/mol. The molecule has 1 aromatic rings. The van der Waals surface area contributed by atoms with Crippen molar-refractivity contribution in [2.45, 2.75) is 64.3 Å². The summed E-state index contributed by atoms with van der Waals surface area (Å²) in [5, 5.41) is 0. The average molecular weight is 304 g/mol. The smallest absolute Gasteiger partial charge is 0.221 e. The first-order chi connectivity index (χ1) is 10.5. The maximum Gasteiger partial charge on any atom is 0.221 e. The molecule has 1 unspecified atom stereocenters. The first kappa shape index (κ1) is 18.4. The molecule has 1 rings (SSSR count). The van der Waals surface area contributed by atoms with Gasteiger partial charge in [-0.25, -0.2) is 0 Å². The van der Waals surface area contributed by atoms with E-state index in [1.807, 2.05) is 0 Å². The SMILES string of the molecule is CCCCCCCCC(N)C(=O)c1ccc(CC(N)=O)cc1. The molecule has 1 atom stereocenters. The molecule has 1 aromatic carbocycles. The minimum absolute atomic E-state index is 0.0285. The van der Waals surface area contributed by atoms with Crippen LogP contribution in [-0.4, -0.2) is 17.7 Å². The number of amides is 1. The van der Waals surface area contributed by atoms with Crippen molar-refractivity contribution >= 4 is 11.7 Å². The van der Waals surface area contributed by atoms with Gasteiger partial charge in [-0.3, -0.25) is 9.59 Å². The quantitative estimate of drug-likeness (QED) is 0.487. The van der Waals surface area contributed by atoms with E-state index in [9.17, 15) is 9.59 Å². The predicted octanol–water partition coefficient (Wildman–Crippen LogP) is 2.98. The van der Waals surface area contributed by atoms with E-state index in [1.165, 1.54) is 25.7 Å². The number of carbonyl (C=O) groups is 2. The number of Topliss-reactive ketones (excluding diaryl/α,β-unsaturated/α-hetero) is 1. The number of carbonyl (C=O) groups excluding carboxylic acids is 2. The van der Waals surface area contributed by atoms with E-state index in [4.69, 9.17) is 11.5 Å². The van der Waals surface area contributed by atoms with Crippen molar-refractivity contribution in [2.75, 3.05) is 0 Å². The van der Waals surface area contributed by atoms with Gasteiger partial charge < -0.3 is 11.5 Å². The number of unbranched alkanes of at least 4 members (excludes halogenated alkanes) is 5. The number of benzene rings is 1. The van der Waals surface area contributed by atoms with Gasteiger partial charge in [0.2, 0.25) is 5.91 Å². The van der Waals surface area contributed by atoms with Crippen LogP contribution in [0.15, 0.2) is 24.3 Å². The van der Waals surface area contributed by atoms with Crippen molar-refractivity contribution in [2.24, 2.45) is 11.5 Å². The van der Waals surface area contributed by atoms with E-state index in [0.29, 0.717) is 5.56 Å². The standard InChI is InChI=1S/C18H28N2O2/c1-2-3-4-5-6-7-8-16(19)18(22)15-11-9-14(10-12-15)13-17(20)21/h9-12,16H,2-8,13,19H2,1H3,(H2,20,21). The molecule has 4 heteroatoms. The molecule has 0 saturated carbocycles. The fourth-order valence-electron chi connectivity index (χ4n) is 2.48. The van der Waals surface area contributed by atoms with Crippen LogP contribution >= 0.6 is 0 Å². The van der Waals surface area contributed by atoms with Crippen molar-refractivity contribution < 1.29 is 9.59 Å². The van der Waals surface area contributed by atoms with E-state index in [2.05, 4.69) is 6.92 Å². The molecule has 0 saturated heterocycles. The molecule has 0 aromatic heterocycles. The second-order valence-electron chi connectivity index (χ2n) is 5.87. The molecule has 22 heavy (non-hydrogen) atoms. The molecule has 0 bridgehead atoms. The molecule has 0 aliphatic heterocycles. The predicted molar refractivity (Wildman–Crippen MR) is 89.6 cm³/mol. The summed E-state index contributed by atoms with van der Waals surface area (Å²) in [5.74, 6) is -0.405. The van der Waals surface area contributed by atoms with Gasteiger partial charge in [0.15, 0.2) is 5.78 Å². The fraction of sp³-hybridized carbons (Fsp3) is 0.556. The van der Waals surface area contributed by atoms with Crippen LogP contribution in [0, 0.1) is 0 Å². The Hall–Kier alpha value is -1.68. The lowest BCUT2D eigenvalue weighted by molar-refractivity contribution is -0.117. The summed E-state index contributed by atoms with van der Waals surface area (Å²) in [7, 11) is 0. The van der Waals surface area contributed by atoms with Crippen LogP contribution in [0.3, 0.4) is 0 Å². The zero-order chi connectivity index (χ0) is 16.4. The normalized spacial score (nSPS) is 12.1. The van der Waals surface area contributed by atoms with E-state index < -0.39 is 6.04 Å². The number of hydrogen-bond acceptors (Lipinski definition) is 3. The molecule has 0 radical (unpaired) electrons. The van der Waals surface area contributed by atoms with Gasteiger partial charge in [0.1, 0.15) is 0 Å². The van der Waals surface area contributed by atoms with Crippen LogP contribution in [0.2, 0.25) is 0 Å². The van der Waals surface area contributed by atoms with Crippen molar-refractivity contribution in [3.8, 4) is 0 Å². The molecule has 0 aliphatic carbocycles. The van der Waals surface area contributed by atoms with Crippen LogP contribution in [0.1, 0.15) is 67.8 Å². The Morgan fingerprint density at radius 2 is 1.59 bits per heavy atom. The lowest BCUT2D eigenvalue weighted by atomic mass is 9.98. The summed E-state index contributed by atoms with van der Waals surface area (Å²) in [6.07, 6.45) is 8.06. The first-order valence-electron chi connectivity index (χ1n) is 8.21. The minimum Gasteiger partial charge on any atom is -0.369 e. The molecule has 4 nitrogen and oxygen atoms in total. The fourth-order valence-corrected chi connectivity index (χ4v) is 2.48. The summed E-state index contributed by atoms with van der Waals surface area (Å²) in [4.78, 5) is 23.1. The van der Waals surface area contributed by atoms with E-state index in [-0.39, 0.29) is 18.1 Å². The number of rotatable bonds is 11. The molecular weight excluding hydrogens is 276 g/mol. The Morgan fingerprint density at radius 3 is 2.18 bits per heavy atom. The molecule has 0 fully saturated rings. The summed E-state index contributed by atoms with van der Waals surface area (Å²) >= 11 is 0. The second kappa shape index (κ2) is 10.1. The van der Waals surface area contributed by atoms with Gasteiger partial charge in [-0.05, 0) is 12.0 Å². The Kier molecular flexibility index (Phi) is 8.44. The Labute approximate surface area is 133 Å². The van der Waals surface area contributed by atoms with Gasteiger partial charge in [0.25, 0.3) is 0 Å². The Morgan fingerprint density at radius 1 is 1.00 bits per heavy atom. The van der Waals surface area contributed by atoms with Gasteiger partial charge in [0, 0.05) is 5.56 Å². The maximum atomic E-state index is 12.2. The van der Waals surface area contributed by atoms with Crippen LogP contribution in [-0.2, 0) is 11.2 Å². The second-order valence-corrected chi connectivity index (χ2v) is 5.87. The molecule has 122 valence electrons.